The quantitative estimate of drug-likeness (QED) is 0.660. The number of hydrogen-bond acceptors (Lipinski definition) is 8. The second kappa shape index (κ2) is 9.52. The number of amides is 2. The van der Waals surface area contributed by atoms with Crippen LogP contribution in [0.2, 0.25) is 0 Å². The molecule has 3 N–H and O–H groups in total. The highest BCUT2D eigenvalue weighted by molar-refractivity contribution is 7.18. The van der Waals surface area contributed by atoms with Crippen LogP contribution < -0.4 is 11.1 Å². The summed E-state index contributed by atoms with van der Waals surface area (Å²) < 4.78 is 5.61. The van der Waals surface area contributed by atoms with Gasteiger partial charge in [0.25, 0.3) is 0 Å². The number of likely N-dealkylation sites (N-methyl/N-ethyl adjacent to an activating group) is 1. The van der Waals surface area contributed by atoms with Gasteiger partial charge in [-0.05, 0) is 51.1 Å². The maximum absolute atomic E-state index is 12.5. The van der Waals surface area contributed by atoms with Crippen molar-refractivity contribution in [3.8, 4) is 0 Å². The van der Waals surface area contributed by atoms with Crippen LogP contribution in [-0.4, -0.2) is 76.5 Å². The van der Waals surface area contributed by atoms with Crippen molar-refractivity contribution in [2.75, 3.05) is 32.0 Å². The molecule has 5 rings (SSSR count). The number of anilines is 1. The molecule has 3 aliphatic rings. The molecule has 2 aliphatic heterocycles. The van der Waals surface area contributed by atoms with E-state index in [1.165, 1.54) is 0 Å². The third kappa shape index (κ3) is 4.69. The molecule has 9 nitrogen and oxygen atoms in total. The number of nitrogens with one attached hydrogen (secondary N) is 1. The van der Waals surface area contributed by atoms with Crippen molar-refractivity contribution in [1.29, 1.82) is 0 Å². The number of rotatable bonds is 6. The van der Waals surface area contributed by atoms with Crippen LogP contribution in [0.15, 0.2) is 6.33 Å². The fraction of sp³-hybridized carbons (Fsp3) is 0.652. The minimum atomic E-state index is -0.599. The van der Waals surface area contributed by atoms with Crippen molar-refractivity contribution < 1.29 is 14.3 Å². The molecule has 2 aromatic rings. The summed E-state index contributed by atoms with van der Waals surface area (Å²) in [4.78, 5) is 39.4. The van der Waals surface area contributed by atoms with Gasteiger partial charge in [-0.25, -0.2) is 9.97 Å². The van der Waals surface area contributed by atoms with E-state index in [-0.39, 0.29) is 5.91 Å². The van der Waals surface area contributed by atoms with Gasteiger partial charge in [-0.15, -0.1) is 11.3 Å². The van der Waals surface area contributed by atoms with E-state index in [4.69, 9.17) is 10.5 Å². The SMILES string of the molecule is CN(CC(=O)N1CCCC1)C1CCC(Nc2ncnc3sc4c(c23)C[C@H](C(N)=O)OC4)CC1. The molecule has 0 unspecified atom stereocenters. The molecule has 178 valence electrons. The van der Waals surface area contributed by atoms with Gasteiger partial charge in [0, 0.05) is 36.5 Å². The van der Waals surface area contributed by atoms with Crippen molar-refractivity contribution in [3.63, 3.8) is 0 Å². The van der Waals surface area contributed by atoms with Crippen LogP contribution in [0.3, 0.4) is 0 Å². The van der Waals surface area contributed by atoms with E-state index in [0.717, 1.165) is 78.1 Å². The van der Waals surface area contributed by atoms with Gasteiger partial charge in [-0.2, -0.15) is 0 Å². The first-order valence-electron chi connectivity index (χ1n) is 11.9. The number of nitrogens with zero attached hydrogens (tertiary/aromatic N) is 4. The lowest BCUT2D eigenvalue weighted by atomic mass is 9.90. The van der Waals surface area contributed by atoms with Gasteiger partial charge >= 0.3 is 0 Å². The number of carbonyl (C=O) groups is 2. The van der Waals surface area contributed by atoms with Crippen molar-refractivity contribution in [2.24, 2.45) is 5.73 Å². The van der Waals surface area contributed by atoms with Crippen molar-refractivity contribution in [3.05, 3.63) is 16.8 Å². The van der Waals surface area contributed by atoms with Crippen molar-refractivity contribution >= 4 is 39.2 Å². The molecule has 0 spiro atoms. The van der Waals surface area contributed by atoms with Gasteiger partial charge in [0.05, 0.1) is 18.5 Å². The highest BCUT2D eigenvalue weighted by Crippen LogP contribution is 2.38. The standard InChI is InChI=1S/C23H32N6O3S/c1-28(11-19(30)29-8-2-3-9-29)15-6-4-14(5-7-15)27-22-20-16-10-17(21(24)31)32-12-18(16)33-23(20)26-13-25-22/h13-15,17H,2-12H2,1H3,(H2,24,31)(H,25,26,27)/t14?,15?,17-/m1/s1. The summed E-state index contributed by atoms with van der Waals surface area (Å²) in [5, 5.41) is 4.66. The Kier molecular flexibility index (Phi) is 6.49. The van der Waals surface area contributed by atoms with Crippen LogP contribution >= 0.6 is 11.3 Å². The van der Waals surface area contributed by atoms with Gasteiger partial charge in [-0.3, -0.25) is 14.5 Å². The Hall–Kier alpha value is -2.30. The van der Waals surface area contributed by atoms with E-state index in [1.54, 1.807) is 17.7 Å². The van der Waals surface area contributed by atoms with Gasteiger partial charge in [-0.1, -0.05) is 0 Å². The molecule has 0 aromatic carbocycles. The second-order valence-corrected chi connectivity index (χ2v) is 10.5. The number of primary amides is 1. The van der Waals surface area contributed by atoms with E-state index < -0.39 is 12.0 Å². The summed E-state index contributed by atoms with van der Waals surface area (Å²) in [5.41, 5.74) is 6.58. The predicted molar refractivity (Wildman–Crippen MR) is 127 cm³/mol. The van der Waals surface area contributed by atoms with Crippen LogP contribution in [0.4, 0.5) is 5.82 Å². The van der Waals surface area contributed by atoms with E-state index in [1.807, 2.05) is 4.90 Å². The maximum atomic E-state index is 12.5. The molecule has 2 fully saturated rings. The summed E-state index contributed by atoms with van der Waals surface area (Å²) in [6.07, 6.45) is 7.88. The number of ether oxygens (including phenoxy) is 1. The second-order valence-electron chi connectivity index (χ2n) is 9.47. The Bertz CT molecular complexity index is 1030. The van der Waals surface area contributed by atoms with Crippen molar-refractivity contribution in [2.45, 2.75) is 69.7 Å². The average Bonchev–Trinajstić information content (AvgIpc) is 3.47. The Morgan fingerprint density at radius 1 is 1.24 bits per heavy atom. The van der Waals surface area contributed by atoms with Crippen LogP contribution in [-0.2, 0) is 27.4 Å². The van der Waals surface area contributed by atoms with Crippen LogP contribution in [0, 0.1) is 0 Å². The number of aromatic nitrogens is 2. The van der Waals surface area contributed by atoms with Gasteiger partial charge < -0.3 is 20.7 Å². The zero-order valence-electron chi connectivity index (χ0n) is 19.1. The van der Waals surface area contributed by atoms with Crippen LogP contribution in [0.5, 0.6) is 0 Å². The highest BCUT2D eigenvalue weighted by atomic mass is 32.1. The molecule has 1 aliphatic carbocycles. The smallest absolute Gasteiger partial charge is 0.246 e. The zero-order chi connectivity index (χ0) is 22.9. The molecule has 33 heavy (non-hydrogen) atoms. The highest BCUT2D eigenvalue weighted by Gasteiger charge is 2.31. The van der Waals surface area contributed by atoms with E-state index >= 15 is 0 Å². The molecular formula is C23H32N6O3S. The molecule has 10 heteroatoms. The summed E-state index contributed by atoms with van der Waals surface area (Å²) in [5.74, 6) is 0.666. The third-order valence-electron chi connectivity index (χ3n) is 7.30. The molecule has 1 atom stereocenters. The predicted octanol–water partition coefficient (Wildman–Crippen LogP) is 1.90. The number of thiophene rings is 1. The molecule has 2 amide bonds. The summed E-state index contributed by atoms with van der Waals surface area (Å²) in [7, 11) is 2.08. The molecule has 1 saturated heterocycles. The van der Waals surface area contributed by atoms with Crippen LogP contribution in [0.25, 0.3) is 10.2 Å². The molecule has 0 bridgehead atoms. The molecule has 0 radical (unpaired) electrons. The van der Waals surface area contributed by atoms with Gasteiger partial charge in [0.1, 0.15) is 23.1 Å². The summed E-state index contributed by atoms with van der Waals surface area (Å²) >= 11 is 1.60. The first-order chi connectivity index (χ1) is 16.0. The monoisotopic (exact) mass is 472 g/mol. The lowest BCUT2D eigenvalue weighted by molar-refractivity contribution is -0.132. The topological polar surface area (TPSA) is 114 Å². The Morgan fingerprint density at radius 2 is 2.00 bits per heavy atom. The largest absolute Gasteiger partial charge is 0.367 e. The lowest BCUT2D eigenvalue weighted by Gasteiger charge is -2.35. The molecule has 2 aromatic heterocycles. The first kappa shape index (κ1) is 22.5. The number of carbonyl (C=O) groups excluding carboxylic acids is 2. The Labute approximate surface area is 197 Å². The third-order valence-corrected chi connectivity index (χ3v) is 8.41. The fourth-order valence-electron chi connectivity index (χ4n) is 5.35. The lowest BCUT2D eigenvalue weighted by Crippen LogP contribution is -2.44. The minimum absolute atomic E-state index is 0.263. The van der Waals surface area contributed by atoms with E-state index in [0.29, 0.717) is 31.7 Å². The summed E-state index contributed by atoms with van der Waals surface area (Å²) in [6.45, 7) is 2.72. The maximum Gasteiger partial charge on any atom is 0.246 e. The fourth-order valence-corrected chi connectivity index (χ4v) is 6.44. The minimum Gasteiger partial charge on any atom is -0.367 e. The normalized spacial score (nSPS) is 25.4. The van der Waals surface area contributed by atoms with E-state index in [2.05, 4.69) is 27.2 Å². The Morgan fingerprint density at radius 3 is 2.73 bits per heavy atom. The molecule has 1 saturated carbocycles. The van der Waals surface area contributed by atoms with E-state index in [9.17, 15) is 9.59 Å². The molecule has 4 heterocycles. The molecular weight excluding hydrogens is 440 g/mol. The zero-order valence-corrected chi connectivity index (χ0v) is 19.9. The number of nitrogens with two attached hydrogens (primary N) is 1. The van der Waals surface area contributed by atoms with Gasteiger partial charge in [0.15, 0.2) is 0 Å². The number of fused-ring (bicyclic) bond motifs is 3. The first-order valence-corrected chi connectivity index (χ1v) is 12.7. The Balaban J connectivity index is 1.22. The average molecular weight is 473 g/mol. The summed E-state index contributed by atoms with van der Waals surface area (Å²) in [6, 6.07) is 0.756. The number of likely N-dealkylation sites (tertiary alicyclic amines) is 1. The van der Waals surface area contributed by atoms with Crippen molar-refractivity contribution in [1.82, 2.24) is 19.8 Å². The van der Waals surface area contributed by atoms with Crippen LogP contribution in [0.1, 0.15) is 49.0 Å². The van der Waals surface area contributed by atoms with Gasteiger partial charge in [0.2, 0.25) is 11.8 Å². The number of hydrogen-bond donors (Lipinski definition) is 2.